The number of ether oxygens (including phenoxy) is 1. The highest BCUT2D eigenvalue weighted by Gasteiger charge is 2.37. The highest BCUT2D eigenvalue weighted by Crippen LogP contribution is 2.34. The lowest BCUT2D eigenvalue weighted by Gasteiger charge is -2.41. The Morgan fingerprint density at radius 1 is 1.28 bits per heavy atom. The van der Waals surface area contributed by atoms with E-state index in [4.69, 9.17) is 9.57 Å². The average Bonchev–Trinajstić information content (AvgIpc) is 2.98. The number of nitrogens with zero attached hydrogens (tertiary/aromatic N) is 3. The minimum atomic E-state index is -0.613. The third-order valence-electron chi connectivity index (χ3n) is 5.48. The van der Waals surface area contributed by atoms with Crippen LogP contribution in [0.1, 0.15) is 57.9 Å². The van der Waals surface area contributed by atoms with E-state index >= 15 is 0 Å². The summed E-state index contributed by atoms with van der Waals surface area (Å²) in [6, 6.07) is 3.37. The van der Waals surface area contributed by atoms with Gasteiger partial charge in [-0.2, -0.15) is 4.73 Å². The van der Waals surface area contributed by atoms with Crippen molar-refractivity contribution < 1.29 is 28.7 Å². The molecule has 1 aromatic heterocycles. The standard InChI is InChI=1S/C23H32FN3O5/c1-14(2)26(16-8-7-11-25(13-16)22(30)32-23(3,4)5)21(29)19-20(28)17-12-15(24)9-10-18(17)27(19)31-6/h9-10,12,14,16,28H,7-8,11,13H2,1-6H3/t16-/m1/s1. The van der Waals surface area contributed by atoms with Crippen LogP contribution in [0.3, 0.4) is 0 Å². The molecule has 3 rings (SSSR count). The van der Waals surface area contributed by atoms with E-state index in [2.05, 4.69) is 0 Å². The molecule has 0 unspecified atom stereocenters. The number of likely N-dealkylation sites (tertiary alicyclic amines) is 1. The van der Waals surface area contributed by atoms with Gasteiger partial charge in [0, 0.05) is 24.5 Å². The second-order valence-electron chi connectivity index (χ2n) is 9.36. The predicted octanol–water partition coefficient (Wildman–Crippen LogP) is 3.79. The Morgan fingerprint density at radius 3 is 2.56 bits per heavy atom. The molecule has 0 bridgehead atoms. The van der Waals surface area contributed by atoms with Crippen LogP contribution in [0.15, 0.2) is 18.2 Å². The Labute approximate surface area is 187 Å². The van der Waals surface area contributed by atoms with Gasteiger partial charge in [0.1, 0.15) is 18.5 Å². The van der Waals surface area contributed by atoms with E-state index in [1.165, 1.54) is 30.0 Å². The topological polar surface area (TPSA) is 84.2 Å². The van der Waals surface area contributed by atoms with Gasteiger partial charge in [0.15, 0.2) is 11.4 Å². The molecule has 176 valence electrons. The number of amides is 2. The van der Waals surface area contributed by atoms with Crippen molar-refractivity contribution in [1.82, 2.24) is 14.5 Å². The first-order chi connectivity index (χ1) is 14.9. The van der Waals surface area contributed by atoms with Gasteiger partial charge in [-0.15, -0.1) is 0 Å². The van der Waals surface area contributed by atoms with Crippen molar-refractivity contribution in [2.75, 3.05) is 20.2 Å². The first kappa shape index (κ1) is 23.7. The van der Waals surface area contributed by atoms with Crippen LogP contribution in [0.4, 0.5) is 9.18 Å². The van der Waals surface area contributed by atoms with Crippen molar-refractivity contribution in [2.24, 2.45) is 0 Å². The second-order valence-corrected chi connectivity index (χ2v) is 9.36. The van der Waals surface area contributed by atoms with Crippen LogP contribution in [-0.4, -0.2) is 69.5 Å². The first-order valence-corrected chi connectivity index (χ1v) is 10.8. The van der Waals surface area contributed by atoms with Gasteiger partial charge in [0.25, 0.3) is 5.91 Å². The summed E-state index contributed by atoms with van der Waals surface area (Å²) in [7, 11) is 1.38. The van der Waals surface area contributed by atoms with Crippen LogP contribution in [0, 0.1) is 5.82 Å². The summed E-state index contributed by atoms with van der Waals surface area (Å²) >= 11 is 0. The SMILES string of the molecule is COn1c(C(=O)N(C(C)C)[C@@H]2CCCN(C(=O)OC(C)(C)C)C2)c(O)c2cc(F)ccc21. The number of aromatic nitrogens is 1. The molecule has 0 saturated carbocycles. The van der Waals surface area contributed by atoms with E-state index < -0.39 is 23.4 Å². The number of aromatic hydroxyl groups is 1. The monoisotopic (exact) mass is 449 g/mol. The average molecular weight is 450 g/mol. The summed E-state index contributed by atoms with van der Waals surface area (Å²) in [5, 5.41) is 11.0. The van der Waals surface area contributed by atoms with Gasteiger partial charge in [-0.25, -0.2) is 9.18 Å². The maximum Gasteiger partial charge on any atom is 0.410 e. The lowest BCUT2D eigenvalue weighted by atomic mass is 10.0. The van der Waals surface area contributed by atoms with E-state index in [9.17, 15) is 19.1 Å². The summed E-state index contributed by atoms with van der Waals surface area (Å²) in [6.45, 7) is 10.1. The third-order valence-corrected chi connectivity index (χ3v) is 5.48. The normalized spacial score (nSPS) is 17.0. The molecule has 0 spiro atoms. The molecule has 1 fully saturated rings. The highest BCUT2D eigenvalue weighted by atomic mass is 19.1. The van der Waals surface area contributed by atoms with Crippen molar-refractivity contribution in [1.29, 1.82) is 0 Å². The zero-order valence-corrected chi connectivity index (χ0v) is 19.5. The first-order valence-electron chi connectivity index (χ1n) is 10.8. The minimum absolute atomic E-state index is 0.0730. The van der Waals surface area contributed by atoms with E-state index in [-0.39, 0.29) is 28.9 Å². The summed E-state index contributed by atoms with van der Waals surface area (Å²) < 4.78 is 20.5. The number of rotatable bonds is 4. The van der Waals surface area contributed by atoms with Gasteiger partial charge in [-0.3, -0.25) is 4.79 Å². The highest BCUT2D eigenvalue weighted by molar-refractivity contribution is 6.04. The van der Waals surface area contributed by atoms with Crippen LogP contribution >= 0.6 is 0 Å². The van der Waals surface area contributed by atoms with Crippen LogP contribution < -0.4 is 4.84 Å². The number of hydrogen-bond acceptors (Lipinski definition) is 5. The molecular weight excluding hydrogens is 417 g/mol. The number of piperidine rings is 1. The molecular formula is C23H32FN3O5. The zero-order valence-electron chi connectivity index (χ0n) is 19.5. The van der Waals surface area contributed by atoms with Gasteiger partial charge in [0.05, 0.1) is 11.6 Å². The van der Waals surface area contributed by atoms with Gasteiger partial charge < -0.3 is 24.5 Å². The molecule has 1 atom stereocenters. The minimum Gasteiger partial charge on any atom is -0.505 e. The van der Waals surface area contributed by atoms with E-state index in [0.717, 1.165) is 0 Å². The van der Waals surface area contributed by atoms with Crippen molar-refractivity contribution in [2.45, 2.75) is 65.1 Å². The number of carbonyl (C=O) groups is 2. The Morgan fingerprint density at radius 2 is 1.97 bits per heavy atom. The zero-order chi connectivity index (χ0) is 23.8. The lowest BCUT2D eigenvalue weighted by molar-refractivity contribution is 0.00677. The molecule has 1 aromatic carbocycles. The molecule has 1 aliphatic rings. The number of carbonyl (C=O) groups excluding carboxylic acids is 2. The molecule has 1 N–H and O–H groups in total. The molecule has 2 heterocycles. The second kappa shape index (κ2) is 8.88. The van der Waals surface area contributed by atoms with Crippen LogP contribution in [0.2, 0.25) is 0 Å². The maximum absolute atomic E-state index is 13.8. The number of benzene rings is 1. The summed E-state index contributed by atoms with van der Waals surface area (Å²) in [5.41, 5.74) is -0.299. The molecule has 2 aromatic rings. The van der Waals surface area contributed by atoms with Gasteiger partial charge in [-0.1, -0.05) is 0 Å². The lowest BCUT2D eigenvalue weighted by Crippen LogP contribution is -2.54. The summed E-state index contributed by atoms with van der Waals surface area (Å²) in [6.07, 6.45) is 0.999. The van der Waals surface area contributed by atoms with E-state index in [0.29, 0.717) is 31.4 Å². The van der Waals surface area contributed by atoms with Crippen molar-refractivity contribution in [3.63, 3.8) is 0 Å². The van der Waals surface area contributed by atoms with Gasteiger partial charge in [-0.05, 0) is 65.7 Å². The van der Waals surface area contributed by atoms with Crippen LogP contribution in [0.25, 0.3) is 10.9 Å². The third kappa shape index (κ3) is 4.61. The summed E-state index contributed by atoms with van der Waals surface area (Å²) in [5.74, 6) is -1.31. The molecule has 2 amide bonds. The van der Waals surface area contributed by atoms with Crippen molar-refractivity contribution in [3.8, 4) is 5.75 Å². The summed E-state index contributed by atoms with van der Waals surface area (Å²) in [4.78, 5) is 34.9. The predicted molar refractivity (Wildman–Crippen MR) is 118 cm³/mol. The number of fused-ring (bicyclic) bond motifs is 1. The molecule has 32 heavy (non-hydrogen) atoms. The van der Waals surface area contributed by atoms with E-state index in [1.807, 2.05) is 34.6 Å². The van der Waals surface area contributed by atoms with Gasteiger partial charge >= 0.3 is 6.09 Å². The molecule has 8 nitrogen and oxygen atoms in total. The van der Waals surface area contributed by atoms with Crippen molar-refractivity contribution >= 4 is 22.9 Å². The maximum atomic E-state index is 13.8. The van der Waals surface area contributed by atoms with Crippen molar-refractivity contribution in [3.05, 3.63) is 29.7 Å². The Bertz CT molecular complexity index is 1010. The molecule has 1 saturated heterocycles. The Balaban J connectivity index is 1.95. The Hall–Kier alpha value is -2.97. The molecule has 0 aliphatic carbocycles. The van der Waals surface area contributed by atoms with Crippen LogP contribution in [-0.2, 0) is 4.74 Å². The Kier molecular flexibility index (Phi) is 6.57. The largest absolute Gasteiger partial charge is 0.505 e. The molecule has 1 aliphatic heterocycles. The quantitative estimate of drug-likeness (QED) is 0.768. The fraction of sp³-hybridized carbons (Fsp3) is 0.565. The molecule has 9 heteroatoms. The number of halogens is 1. The van der Waals surface area contributed by atoms with E-state index in [1.54, 1.807) is 9.80 Å². The van der Waals surface area contributed by atoms with Crippen LogP contribution in [0.5, 0.6) is 5.75 Å². The molecule has 0 radical (unpaired) electrons. The number of hydrogen-bond donors (Lipinski definition) is 1. The van der Waals surface area contributed by atoms with Gasteiger partial charge in [0.2, 0.25) is 0 Å². The fourth-order valence-electron chi connectivity index (χ4n) is 4.22. The fourth-order valence-corrected chi connectivity index (χ4v) is 4.22. The smallest absolute Gasteiger partial charge is 0.410 e.